The number of aromatic amines is 1. The van der Waals surface area contributed by atoms with E-state index in [-0.39, 0.29) is 5.56 Å². The average molecular weight is 336 g/mol. The summed E-state index contributed by atoms with van der Waals surface area (Å²) in [6, 6.07) is 15.4. The van der Waals surface area contributed by atoms with Gasteiger partial charge in [-0.2, -0.15) is 0 Å². The Hall–Kier alpha value is -3.15. The molecule has 6 heteroatoms. The molecule has 0 fully saturated rings. The van der Waals surface area contributed by atoms with Crippen LogP contribution >= 0.6 is 0 Å². The summed E-state index contributed by atoms with van der Waals surface area (Å²) in [4.78, 5) is 15.0. The van der Waals surface area contributed by atoms with Crippen molar-refractivity contribution in [3.8, 4) is 5.75 Å². The summed E-state index contributed by atoms with van der Waals surface area (Å²) < 4.78 is 5.13. The third-order valence-corrected chi connectivity index (χ3v) is 3.95. The van der Waals surface area contributed by atoms with Crippen molar-refractivity contribution < 1.29 is 4.74 Å². The second-order valence-corrected chi connectivity index (χ2v) is 5.61. The minimum absolute atomic E-state index is 0.248. The summed E-state index contributed by atoms with van der Waals surface area (Å²) in [6.45, 7) is 2.08. The van der Waals surface area contributed by atoms with Crippen molar-refractivity contribution >= 4 is 11.6 Å². The standard InChI is InChI=1S/C19H20N4O2/c1-3-14-6-4-5-7-16(14)20-19-21-18(24)17(22-23-19)12-13-8-10-15(25-2)11-9-13/h4-11H,3,12H2,1-2H3,(H2,20,21,23,24). The molecule has 2 aromatic carbocycles. The van der Waals surface area contributed by atoms with Crippen molar-refractivity contribution in [2.24, 2.45) is 0 Å². The molecule has 0 saturated heterocycles. The Labute approximate surface area is 145 Å². The zero-order valence-electron chi connectivity index (χ0n) is 14.2. The maximum Gasteiger partial charge on any atom is 0.274 e. The number of hydrogen-bond acceptors (Lipinski definition) is 5. The fraction of sp³-hybridized carbons (Fsp3) is 0.211. The van der Waals surface area contributed by atoms with Gasteiger partial charge in [-0.1, -0.05) is 37.3 Å². The Morgan fingerprint density at radius 3 is 2.52 bits per heavy atom. The second kappa shape index (κ2) is 7.61. The summed E-state index contributed by atoms with van der Waals surface area (Å²) in [5.74, 6) is 1.11. The molecule has 0 saturated carbocycles. The van der Waals surface area contributed by atoms with E-state index in [1.807, 2.05) is 48.5 Å². The highest BCUT2D eigenvalue weighted by molar-refractivity contribution is 5.58. The molecule has 25 heavy (non-hydrogen) atoms. The van der Waals surface area contributed by atoms with Gasteiger partial charge in [0.15, 0.2) is 0 Å². The van der Waals surface area contributed by atoms with E-state index in [0.29, 0.717) is 18.1 Å². The van der Waals surface area contributed by atoms with Crippen molar-refractivity contribution in [1.82, 2.24) is 15.2 Å². The predicted molar refractivity (Wildman–Crippen MR) is 97.6 cm³/mol. The van der Waals surface area contributed by atoms with E-state index in [2.05, 4.69) is 27.4 Å². The number of hydrogen-bond donors (Lipinski definition) is 2. The summed E-state index contributed by atoms with van der Waals surface area (Å²) >= 11 is 0. The number of ether oxygens (including phenoxy) is 1. The smallest absolute Gasteiger partial charge is 0.274 e. The minimum Gasteiger partial charge on any atom is -0.497 e. The van der Waals surface area contributed by atoms with Gasteiger partial charge in [-0.3, -0.25) is 9.78 Å². The molecule has 0 spiro atoms. The average Bonchev–Trinajstić information content (AvgIpc) is 2.65. The number of para-hydroxylation sites is 1. The Morgan fingerprint density at radius 1 is 1.08 bits per heavy atom. The molecule has 0 radical (unpaired) electrons. The van der Waals surface area contributed by atoms with Crippen LogP contribution in [-0.4, -0.2) is 22.3 Å². The van der Waals surface area contributed by atoms with Crippen molar-refractivity contribution in [2.45, 2.75) is 19.8 Å². The molecule has 3 aromatic rings. The van der Waals surface area contributed by atoms with Gasteiger partial charge in [-0.25, -0.2) is 0 Å². The van der Waals surface area contributed by atoms with Crippen LogP contribution in [0.1, 0.15) is 23.7 Å². The lowest BCUT2D eigenvalue weighted by Crippen LogP contribution is -2.19. The van der Waals surface area contributed by atoms with Gasteiger partial charge in [-0.15, -0.1) is 10.2 Å². The molecule has 0 bridgehead atoms. The number of nitrogens with one attached hydrogen (secondary N) is 2. The fourth-order valence-electron chi connectivity index (χ4n) is 2.55. The number of benzene rings is 2. The molecule has 3 rings (SSSR count). The molecule has 0 aliphatic heterocycles. The van der Waals surface area contributed by atoms with Crippen LogP contribution in [0.3, 0.4) is 0 Å². The van der Waals surface area contributed by atoms with Crippen molar-refractivity contribution in [3.63, 3.8) is 0 Å². The first-order chi connectivity index (χ1) is 12.2. The number of methoxy groups -OCH3 is 1. The molecule has 1 aromatic heterocycles. The summed E-state index contributed by atoms with van der Waals surface area (Å²) in [6.07, 6.45) is 1.30. The molecule has 128 valence electrons. The van der Waals surface area contributed by atoms with E-state index < -0.39 is 0 Å². The summed E-state index contributed by atoms with van der Waals surface area (Å²) in [7, 11) is 1.62. The molecule has 0 aliphatic rings. The molecule has 0 aliphatic carbocycles. The van der Waals surface area contributed by atoms with E-state index in [1.165, 1.54) is 0 Å². The summed E-state index contributed by atoms with van der Waals surface area (Å²) in [5, 5.41) is 11.3. The van der Waals surface area contributed by atoms with Crippen molar-refractivity contribution in [1.29, 1.82) is 0 Å². The molecule has 0 atom stereocenters. The largest absolute Gasteiger partial charge is 0.497 e. The van der Waals surface area contributed by atoms with Crippen LogP contribution in [0.5, 0.6) is 5.75 Å². The van der Waals surface area contributed by atoms with Gasteiger partial charge in [0.2, 0.25) is 5.95 Å². The number of aromatic nitrogens is 3. The van der Waals surface area contributed by atoms with Crippen LogP contribution < -0.4 is 15.6 Å². The highest BCUT2D eigenvalue weighted by Crippen LogP contribution is 2.18. The van der Waals surface area contributed by atoms with E-state index in [1.54, 1.807) is 7.11 Å². The highest BCUT2D eigenvalue weighted by Gasteiger charge is 2.08. The van der Waals surface area contributed by atoms with Crippen LogP contribution in [0.25, 0.3) is 0 Å². The number of aryl methyl sites for hydroxylation is 1. The molecule has 1 heterocycles. The SMILES string of the molecule is CCc1ccccc1Nc1nnc(Cc2ccc(OC)cc2)c(=O)[nH]1. The maximum absolute atomic E-state index is 12.3. The van der Waals surface area contributed by atoms with Crippen LogP contribution in [-0.2, 0) is 12.8 Å². The van der Waals surface area contributed by atoms with Gasteiger partial charge >= 0.3 is 0 Å². The van der Waals surface area contributed by atoms with Gasteiger partial charge in [0.25, 0.3) is 5.56 Å². The van der Waals surface area contributed by atoms with Gasteiger partial charge in [0, 0.05) is 12.1 Å². The fourth-order valence-corrected chi connectivity index (χ4v) is 2.55. The van der Waals surface area contributed by atoms with Crippen molar-refractivity contribution in [3.05, 3.63) is 75.7 Å². The van der Waals surface area contributed by atoms with Gasteiger partial charge in [-0.05, 0) is 35.7 Å². The number of H-pyrrole nitrogens is 1. The molecule has 6 nitrogen and oxygen atoms in total. The number of rotatable bonds is 6. The lowest BCUT2D eigenvalue weighted by molar-refractivity contribution is 0.414. The monoisotopic (exact) mass is 336 g/mol. The zero-order valence-corrected chi connectivity index (χ0v) is 14.2. The molecular weight excluding hydrogens is 316 g/mol. The van der Waals surface area contributed by atoms with Crippen LogP contribution in [0.2, 0.25) is 0 Å². The topological polar surface area (TPSA) is 79.9 Å². The molecule has 0 unspecified atom stereocenters. The minimum atomic E-state index is -0.248. The van der Waals surface area contributed by atoms with Gasteiger partial charge in [0.1, 0.15) is 11.4 Å². The molecule has 0 amide bonds. The third-order valence-electron chi connectivity index (χ3n) is 3.95. The van der Waals surface area contributed by atoms with E-state index in [9.17, 15) is 4.79 Å². The Morgan fingerprint density at radius 2 is 1.84 bits per heavy atom. The maximum atomic E-state index is 12.3. The lowest BCUT2D eigenvalue weighted by atomic mass is 10.1. The number of nitrogens with zero attached hydrogens (tertiary/aromatic N) is 2. The summed E-state index contributed by atoms with van der Waals surface area (Å²) in [5.41, 5.74) is 3.16. The van der Waals surface area contributed by atoms with Gasteiger partial charge in [0.05, 0.1) is 7.11 Å². The van der Waals surface area contributed by atoms with Crippen LogP contribution in [0.15, 0.2) is 53.3 Å². The van der Waals surface area contributed by atoms with Crippen LogP contribution in [0, 0.1) is 0 Å². The van der Waals surface area contributed by atoms with Crippen molar-refractivity contribution in [2.75, 3.05) is 12.4 Å². The predicted octanol–water partition coefficient (Wildman–Crippen LogP) is 3.07. The van der Waals surface area contributed by atoms with E-state index in [0.717, 1.165) is 29.0 Å². The first-order valence-electron chi connectivity index (χ1n) is 8.13. The zero-order chi connectivity index (χ0) is 17.6. The molecule has 2 N–H and O–H groups in total. The quantitative estimate of drug-likeness (QED) is 0.723. The van der Waals surface area contributed by atoms with E-state index in [4.69, 9.17) is 4.74 Å². The highest BCUT2D eigenvalue weighted by atomic mass is 16.5. The second-order valence-electron chi connectivity index (χ2n) is 5.61. The Balaban J connectivity index is 1.77. The van der Waals surface area contributed by atoms with E-state index >= 15 is 0 Å². The normalized spacial score (nSPS) is 10.5. The third kappa shape index (κ3) is 4.03. The first kappa shape index (κ1) is 16.7. The van der Waals surface area contributed by atoms with Crippen LogP contribution in [0.4, 0.5) is 11.6 Å². The van der Waals surface area contributed by atoms with Gasteiger partial charge < -0.3 is 10.1 Å². The Bertz CT molecular complexity index is 904. The molecular formula is C19H20N4O2. The first-order valence-corrected chi connectivity index (χ1v) is 8.13. The Kier molecular flexibility index (Phi) is 5.09. The number of anilines is 2. The lowest BCUT2D eigenvalue weighted by Gasteiger charge is -2.09.